The smallest absolute Gasteiger partial charge is 0.326 e. The van der Waals surface area contributed by atoms with Gasteiger partial charge in [0.15, 0.2) is 0 Å². The van der Waals surface area contributed by atoms with Crippen molar-refractivity contribution in [3.05, 3.63) is 59.7 Å². The highest BCUT2D eigenvalue weighted by Crippen LogP contribution is 2.30. The fourth-order valence-electron chi connectivity index (χ4n) is 2.89. The average Bonchev–Trinajstić information content (AvgIpc) is 3.20. The summed E-state index contributed by atoms with van der Waals surface area (Å²) in [5.74, 6) is -0.822. The Hall–Kier alpha value is -3.47. The molecule has 0 saturated heterocycles. The number of amides is 3. The van der Waals surface area contributed by atoms with Crippen LogP contribution in [0.5, 0.6) is 0 Å². The summed E-state index contributed by atoms with van der Waals surface area (Å²) in [6, 6.07) is 10.2. The number of rotatable bonds is 6. The number of alkyl halides is 3. The minimum Gasteiger partial charge on any atom is -0.326 e. The van der Waals surface area contributed by atoms with E-state index >= 15 is 0 Å². The summed E-state index contributed by atoms with van der Waals surface area (Å²) in [5.41, 5.74) is 1.03. The predicted molar refractivity (Wildman–Crippen MR) is 121 cm³/mol. The highest BCUT2D eigenvalue weighted by Gasteiger charge is 2.31. The number of carbonyl (C=O) groups is 2. The summed E-state index contributed by atoms with van der Waals surface area (Å²) < 4.78 is 38.6. The zero-order valence-corrected chi connectivity index (χ0v) is 18.8. The van der Waals surface area contributed by atoms with Gasteiger partial charge in [0.05, 0.1) is 5.56 Å². The number of hydrogen-bond donors (Lipinski definition) is 3. The molecule has 0 saturated carbocycles. The van der Waals surface area contributed by atoms with Crippen molar-refractivity contribution >= 4 is 34.1 Å². The maximum absolute atomic E-state index is 12.9. The molecule has 2 aromatic carbocycles. The normalized spacial score (nSPS) is 12.3. The van der Waals surface area contributed by atoms with E-state index in [0.29, 0.717) is 5.01 Å². The lowest BCUT2D eigenvalue weighted by molar-refractivity contribution is -0.137. The van der Waals surface area contributed by atoms with E-state index in [9.17, 15) is 22.8 Å². The minimum absolute atomic E-state index is 0.0443. The molecular weight excluding hydrogens is 455 g/mol. The van der Waals surface area contributed by atoms with Gasteiger partial charge in [-0.15, -0.1) is 10.2 Å². The lowest BCUT2D eigenvalue weighted by atomic mass is 10.0. The number of aryl methyl sites for hydroxylation is 1. The van der Waals surface area contributed by atoms with E-state index in [-0.39, 0.29) is 16.7 Å². The Morgan fingerprint density at radius 3 is 2.33 bits per heavy atom. The first-order valence-electron chi connectivity index (χ1n) is 9.99. The van der Waals surface area contributed by atoms with Gasteiger partial charge in [0.25, 0.3) is 0 Å². The highest BCUT2D eigenvalue weighted by atomic mass is 32.1. The standard InChI is InChI=1S/C22H22F3N5O2S/c1-12(2)17(27-20(32)26-16-6-4-5-15(11-16)22(23,24)25)18(31)28-21-30-29-19(33-21)14-9-7-13(3)8-10-14/h4-12,17H,1-3H3,(H2,26,27,32)(H,28,30,31). The largest absolute Gasteiger partial charge is 0.416 e. The van der Waals surface area contributed by atoms with Crippen LogP contribution in [-0.4, -0.2) is 28.2 Å². The van der Waals surface area contributed by atoms with Gasteiger partial charge in [-0.1, -0.05) is 61.1 Å². The van der Waals surface area contributed by atoms with Crippen LogP contribution in [0.4, 0.5) is 28.8 Å². The molecule has 1 atom stereocenters. The summed E-state index contributed by atoms with van der Waals surface area (Å²) >= 11 is 1.19. The van der Waals surface area contributed by atoms with E-state index in [4.69, 9.17) is 0 Å². The van der Waals surface area contributed by atoms with E-state index in [1.54, 1.807) is 13.8 Å². The number of benzene rings is 2. The number of urea groups is 1. The third-order valence-electron chi connectivity index (χ3n) is 4.64. The number of halogens is 3. The molecule has 1 aromatic heterocycles. The first kappa shape index (κ1) is 24.2. The monoisotopic (exact) mass is 477 g/mol. The van der Waals surface area contributed by atoms with E-state index < -0.39 is 29.7 Å². The van der Waals surface area contributed by atoms with Crippen molar-refractivity contribution in [1.29, 1.82) is 0 Å². The van der Waals surface area contributed by atoms with Crippen molar-refractivity contribution in [1.82, 2.24) is 15.5 Å². The predicted octanol–water partition coefficient (Wildman–Crippen LogP) is 5.32. The van der Waals surface area contributed by atoms with Crippen LogP contribution in [0.15, 0.2) is 48.5 Å². The van der Waals surface area contributed by atoms with Gasteiger partial charge < -0.3 is 10.6 Å². The Bertz CT molecular complexity index is 1130. The molecule has 3 amide bonds. The molecule has 7 nitrogen and oxygen atoms in total. The lowest BCUT2D eigenvalue weighted by Crippen LogP contribution is -2.48. The zero-order chi connectivity index (χ0) is 24.2. The van der Waals surface area contributed by atoms with Crippen molar-refractivity contribution < 1.29 is 22.8 Å². The molecule has 0 radical (unpaired) electrons. The maximum atomic E-state index is 12.9. The van der Waals surface area contributed by atoms with E-state index in [1.165, 1.54) is 23.5 Å². The van der Waals surface area contributed by atoms with E-state index in [2.05, 4.69) is 26.1 Å². The van der Waals surface area contributed by atoms with Gasteiger partial charge in [0.1, 0.15) is 11.0 Å². The van der Waals surface area contributed by atoms with Crippen molar-refractivity contribution in [2.24, 2.45) is 5.92 Å². The summed E-state index contributed by atoms with van der Waals surface area (Å²) in [6.07, 6.45) is -4.53. The number of aromatic nitrogens is 2. The molecule has 0 aliphatic rings. The zero-order valence-electron chi connectivity index (χ0n) is 18.0. The van der Waals surface area contributed by atoms with Crippen molar-refractivity contribution in [3.63, 3.8) is 0 Å². The van der Waals surface area contributed by atoms with Crippen LogP contribution in [-0.2, 0) is 11.0 Å². The molecule has 3 rings (SSSR count). The van der Waals surface area contributed by atoms with Crippen LogP contribution < -0.4 is 16.0 Å². The molecule has 0 aliphatic heterocycles. The molecule has 3 aromatic rings. The van der Waals surface area contributed by atoms with Gasteiger partial charge in [-0.3, -0.25) is 10.1 Å². The molecule has 1 unspecified atom stereocenters. The lowest BCUT2D eigenvalue weighted by Gasteiger charge is -2.21. The molecule has 11 heteroatoms. The summed E-state index contributed by atoms with van der Waals surface area (Å²) in [5, 5.41) is 16.4. The second-order valence-electron chi connectivity index (χ2n) is 7.67. The number of anilines is 2. The first-order valence-corrected chi connectivity index (χ1v) is 10.8. The maximum Gasteiger partial charge on any atom is 0.416 e. The molecule has 0 spiro atoms. The Kier molecular flexibility index (Phi) is 7.32. The topological polar surface area (TPSA) is 96.0 Å². The van der Waals surface area contributed by atoms with Gasteiger partial charge in [0, 0.05) is 11.3 Å². The molecule has 0 bridgehead atoms. The molecule has 0 aliphatic carbocycles. The molecule has 3 N–H and O–H groups in total. The van der Waals surface area contributed by atoms with Crippen molar-refractivity contribution in [2.45, 2.75) is 33.0 Å². The van der Waals surface area contributed by atoms with E-state index in [0.717, 1.165) is 23.3 Å². The Balaban J connectivity index is 1.65. The van der Waals surface area contributed by atoms with Crippen LogP contribution in [0, 0.1) is 12.8 Å². The van der Waals surface area contributed by atoms with E-state index in [1.807, 2.05) is 31.2 Å². The van der Waals surface area contributed by atoms with Crippen LogP contribution >= 0.6 is 11.3 Å². The molecule has 0 fully saturated rings. The number of nitrogens with zero attached hydrogens (tertiary/aromatic N) is 2. The minimum atomic E-state index is -4.53. The average molecular weight is 478 g/mol. The Morgan fingerprint density at radius 2 is 1.70 bits per heavy atom. The first-order chi connectivity index (χ1) is 15.5. The van der Waals surface area contributed by atoms with Crippen LogP contribution in [0.3, 0.4) is 0 Å². The summed E-state index contributed by atoms with van der Waals surface area (Å²) in [4.78, 5) is 25.1. The molecular formula is C22H22F3N5O2S. The Morgan fingerprint density at radius 1 is 1.00 bits per heavy atom. The quantitative estimate of drug-likeness (QED) is 0.448. The van der Waals surface area contributed by atoms with Crippen molar-refractivity contribution in [3.8, 4) is 10.6 Å². The summed E-state index contributed by atoms with van der Waals surface area (Å²) in [6.45, 7) is 5.43. The van der Waals surface area contributed by atoms with Crippen LogP contribution in [0.25, 0.3) is 10.6 Å². The third kappa shape index (κ3) is 6.51. The second-order valence-corrected chi connectivity index (χ2v) is 8.64. The summed E-state index contributed by atoms with van der Waals surface area (Å²) in [7, 11) is 0. The third-order valence-corrected chi connectivity index (χ3v) is 5.52. The SMILES string of the molecule is Cc1ccc(-c2nnc(NC(=O)C(NC(=O)Nc3cccc(C(F)(F)F)c3)C(C)C)s2)cc1. The fraction of sp³-hybridized carbons (Fsp3) is 0.273. The molecule has 174 valence electrons. The van der Waals surface area contributed by atoms with Gasteiger partial charge >= 0.3 is 12.2 Å². The van der Waals surface area contributed by atoms with Gasteiger partial charge in [0.2, 0.25) is 11.0 Å². The fourth-order valence-corrected chi connectivity index (χ4v) is 3.64. The highest BCUT2D eigenvalue weighted by molar-refractivity contribution is 7.18. The Labute approximate surface area is 192 Å². The van der Waals surface area contributed by atoms with Gasteiger partial charge in [-0.2, -0.15) is 13.2 Å². The molecule has 33 heavy (non-hydrogen) atoms. The van der Waals surface area contributed by atoms with Crippen LogP contribution in [0.1, 0.15) is 25.0 Å². The molecule has 1 heterocycles. The second kappa shape index (κ2) is 9.99. The van der Waals surface area contributed by atoms with Gasteiger partial charge in [-0.05, 0) is 31.0 Å². The van der Waals surface area contributed by atoms with Gasteiger partial charge in [-0.25, -0.2) is 4.79 Å². The number of hydrogen-bond acceptors (Lipinski definition) is 5. The van der Waals surface area contributed by atoms with Crippen molar-refractivity contribution in [2.75, 3.05) is 10.6 Å². The van der Waals surface area contributed by atoms with Crippen LogP contribution in [0.2, 0.25) is 0 Å². The number of nitrogens with one attached hydrogen (secondary N) is 3. The number of carbonyl (C=O) groups excluding carboxylic acids is 2.